The minimum Gasteiger partial charge on any atom is -0.497 e. The fourth-order valence-corrected chi connectivity index (χ4v) is 3.84. The molecule has 0 saturated carbocycles. The predicted molar refractivity (Wildman–Crippen MR) is 97.8 cm³/mol. The summed E-state index contributed by atoms with van der Waals surface area (Å²) in [7, 11) is 1.68. The molecule has 1 N–H and O–H groups in total. The Morgan fingerprint density at radius 3 is 2.58 bits per heavy atom. The summed E-state index contributed by atoms with van der Waals surface area (Å²) < 4.78 is 5.26. The number of hydrogen-bond acceptors (Lipinski definition) is 4. The van der Waals surface area contributed by atoms with Crippen molar-refractivity contribution in [2.75, 3.05) is 26.7 Å². The van der Waals surface area contributed by atoms with E-state index in [1.165, 1.54) is 36.2 Å². The molecule has 24 heavy (non-hydrogen) atoms. The summed E-state index contributed by atoms with van der Waals surface area (Å²) in [5.74, 6) is 0.874. The topological polar surface area (TPSA) is 41.6 Å². The molecule has 0 spiro atoms. The lowest BCUT2D eigenvalue weighted by molar-refractivity contribution is 0.0928. The molecule has 1 saturated heterocycles. The molecular weight excluding hydrogens is 320 g/mol. The van der Waals surface area contributed by atoms with Gasteiger partial charge in [-0.15, -0.1) is 11.3 Å². The van der Waals surface area contributed by atoms with Crippen LogP contribution in [0.3, 0.4) is 0 Å². The van der Waals surface area contributed by atoms with Crippen molar-refractivity contribution in [3.8, 4) is 5.75 Å². The van der Waals surface area contributed by atoms with Gasteiger partial charge in [-0.05, 0) is 55.1 Å². The number of rotatable bonds is 6. The minimum absolute atomic E-state index is 0.0144. The maximum absolute atomic E-state index is 12.3. The first-order valence-corrected chi connectivity index (χ1v) is 9.35. The van der Waals surface area contributed by atoms with E-state index in [1.54, 1.807) is 7.11 Å². The maximum Gasteiger partial charge on any atom is 0.261 e. The molecule has 5 heteroatoms. The van der Waals surface area contributed by atoms with E-state index in [1.807, 2.05) is 29.6 Å². The van der Waals surface area contributed by atoms with Gasteiger partial charge in [0.2, 0.25) is 0 Å². The van der Waals surface area contributed by atoms with E-state index in [-0.39, 0.29) is 11.9 Å². The second-order valence-corrected chi connectivity index (χ2v) is 7.02. The molecular formula is C19H24N2O2S. The van der Waals surface area contributed by atoms with Gasteiger partial charge in [-0.1, -0.05) is 24.6 Å². The third kappa shape index (κ3) is 4.16. The molecule has 4 nitrogen and oxygen atoms in total. The van der Waals surface area contributed by atoms with Crippen molar-refractivity contribution < 1.29 is 9.53 Å². The van der Waals surface area contributed by atoms with Gasteiger partial charge in [0.15, 0.2) is 0 Å². The van der Waals surface area contributed by atoms with E-state index in [4.69, 9.17) is 4.74 Å². The zero-order valence-corrected chi connectivity index (χ0v) is 14.8. The monoisotopic (exact) mass is 344 g/mol. The van der Waals surface area contributed by atoms with Crippen LogP contribution in [0.4, 0.5) is 0 Å². The van der Waals surface area contributed by atoms with Crippen molar-refractivity contribution in [2.24, 2.45) is 0 Å². The van der Waals surface area contributed by atoms with Gasteiger partial charge >= 0.3 is 0 Å². The Morgan fingerprint density at radius 2 is 1.96 bits per heavy atom. The summed E-state index contributed by atoms with van der Waals surface area (Å²) in [6.45, 7) is 2.81. The SMILES string of the molecule is COc1ccc(C(CNC(=O)c2cccs2)N2CCCCC2)cc1. The summed E-state index contributed by atoms with van der Waals surface area (Å²) >= 11 is 1.48. The Labute approximate surface area is 147 Å². The highest BCUT2D eigenvalue weighted by atomic mass is 32.1. The van der Waals surface area contributed by atoms with Crippen LogP contribution in [0.5, 0.6) is 5.75 Å². The number of nitrogens with one attached hydrogen (secondary N) is 1. The van der Waals surface area contributed by atoms with Crippen LogP contribution in [0.25, 0.3) is 0 Å². The first-order chi connectivity index (χ1) is 11.8. The number of thiophene rings is 1. The number of likely N-dealkylation sites (tertiary alicyclic amines) is 1. The number of benzene rings is 1. The average molecular weight is 344 g/mol. The number of hydrogen-bond donors (Lipinski definition) is 1. The third-order valence-electron chi connectivity index (χ3n) is 4.53. The van der Waals surface area contributed by atoms with Crippen LogP contribution in [-0.2, 0) is 0 Å². The molecule has 2 heterocycles. The molecule has 1 aromatic heterocycles. The highest BCUT2D eigenvalue weighted by Crippen LogP contribution is 2.26. The second-order valence-electron chi connectivity index (χ2n) is 6.07. The first kappa shape index (κ1) is 17.0. The van der Waals surface area contributed by atoms with Crippen LogP contribution >= 0.6 is 11.3 Å². The van der Waals surface area contributed by atoms with Gasteiger partial charge in [0.05, 0.1) is 18.0 Å². The van der Waals surface area contributed by atoms with Crippen LogP contribution in [0, 0.1) is 0 Å². The van der Waals surface area contributed by atoms with Crippen molar-refractivity contribution >= 4 is 17.2 Å². The van der Waals surface area contributed by atoms with Crippen LogP contribution < -0.4 is 10.1 Å². The lowest BCUT2D eigenvalue weighted by Gasteiger charge is -2.35. The van der Waals surface area contributed by atoms with E-state index in [0.717, 1.165) is 23.7 Å². The highest BCUT2D eigenvalue weighted by molar-refractivity contribution is 7.12. The normalized spacial score (nSPS) is 16.5. The van der Waals surface area contributed by atoms with Crippen molar-refractivity contribution in [1.82, 2.24) is 10.2 Å². The fourth-order valence-electron chi connectivity index (χ4n) is 3.20. The van der Waals surface area contributed by atoms with Crippen LogP contribution in [0.2, 0.25) is 0 Å². The summed E-state index contributed by atoms with van der Waals surface area (Å²) in [5.41, 5.74) is 1.23. The lowest BCUT2D eigenvalue weighted by atomic mass is 10.0. The van der Waals surface area contributed by atoms with Gasteiger partial charge in [-0.25, -0.2) is 0 Å². The zero-order chi connectivity index (χ0) is 16.8. The van der Waals surface area contributed by atoms with E-state index in [9.17, 15) is 4.79 Å². The fraction of sp³-hybridized carbons (Fsp3) is 0.421. The summed E-state index contributed by atoms with van der Waals surface area (Å²) in [5, 5.41) is 5.04. The maximum atomic E-state index is 12.3. The Kier molecular flexibility index (Phi) is 5.88. The molecule has 1 unspecified atom stereocenters. The summed E-state index contributed by atoms with van der Waals surface area (Å²) in [6, 6.07) is 12.2. The second kappa shape index (κ2) is 8.31. The molecule has 1 atom stereocenters. The molecule has 128 valence electrons. The molecule has 1 aliphatic heterocycles. The van der Waals surface area contributed by atoms with Gasteiger partial charge in [-0.2, -0.15) is 0 Å². The quantitative estimate of drug-likeness (QED) is 0.868. The van der Waals surface area contributed by atoms with Crippen LogP contribution in [-0.4, -0.2) is 37.6 Å². The summed E-state index contributed by atoms with van der Waals surface area (Å²) in [6.07, 6.45) is 3.75. The standard InChI is InChI=1S/C19H24N2O2S/c1-23-16-9-7-15(8-10-16)17(21-11-3-2-4-12-21)14-20-19(22)18-6-5-13-24-18/h5-10,13,17H,2-4,11-12,14H2,1H3,(H,20,22). The number of ether oxygens (including phenoxy) is 1. The van der Waals surface area contributed by atoms with Gasteiger partial charge in [0, 0.05) is 6.54 Å². The Hall–Kier alpha value is -1.85. The molecule has 3 rings (SSSR count). The van der Waals surface area contributed by atoms with Crippen LogP contribution in [0.15, 0.2) is 41.8 Å². The molecule has 1 fully saturated rings. The number of carbonyl (C=O) groups is 1. The zero-order valence-electron chi connectivity index (χ0n) is 14.0. The van der Waals surface area contributed by atoms with Gasteiger partial charge in [-0.3, -0.25) is 9.69 Å². The number of nitrogens with zero attached hydrogens (tertiary/aromatic N) is 1. The minimum atomic E-state index is 0.0144. The van der Waals surface area contributed by atoms with Gasteiger partial charge < -0.3 is 10.1 Å². The predicted octanol–water partition coefficient (Wildman–Crippen LogP) is 3.71. The highest BCUT2D eigenvalue weighted by Gasteiger charge is 2.23. The Morgan fingerprint density at radius 1 is 1.21 bits per heavy atom. The number of amides is 1. The van der Waals surface area contributed by atoms with E-state index >= 15 is 0 Å². The van der Waals surface area contributed by atoms with Gasteiger partial charge in [0.25, 0.3) is 5.91 Å². The molecule has 0 aliphatic carbocycles. The van der Waals surface area contributed by atoms with Crippen molar-refractivity contribution in [3.05, 3.63) is 52.2 Å². The largest absolute Gasteiger partial charge is 0.497 e. The smallest absolute Gasteiger partial charge is 0.261 e. The Bertz CT molecular complexity index is 634. The van der Waals surface area contributed by atoms with E-state index in [2.05, 4.69) is 22.3 Å². The van der Waals surface area contributed by atoms with E-state index < -0.39 is 0 Å². The van der Waals surface area contributed by atoms with Crippen molar-refractivity contribution in [1.29, 1.82) is 0 Å². The molecule has 0 bridgehead atoms. The average Bonchev–Trinajstić information content (AvgIpc) is 3.18. The lowest BCUT2D eigenvalue weighted by Crippen LogP contribution is -2.40. The molecule has 2 aromatic rings. The number of methoxy groups -OCH3 is 1. The molecule has 1 aromatic carbocycles. The molecule has 1 amide bonds. The van der Waals surface area contributed by atoms with Crippen molar-refractivity contribution in [2.45, 2.75) is 25.3 Å². The van der Waals surface area contributed by atoms with Crippen LogP contribution in [0.1, 0.15) is 40.5 Å². The third-order valence-corrected chi connectivity index (χ3v) is 5.40. The van der Waals surface area contributed by atoms with Crippen molar-refractivity contribution in [3.63, 3.8) is 0 Å². The first-order valence-electron chi connectivity index (χ1n) is 8.47. The molecule has 0 radical (unpaired) electrons. The Balaban J connectivity index is 1.72. The van der Waals surface area contributed by atoms with Gasteiger partial charge in [0.1, 0.15) is 5.75 Å². The molecule has 1 aliphatic rings. The summed E-state index contributed by atoms with van der Waals surface area (Å²) in [4.78, 5) is 15.5. The van der Waals surface area contributed by atoms with E-state index in [0.29, 0.717) is 6.54 Å². The number of carbonyl (C=O) groups excluding carboxylic acids is 1. The number of piperidine rings is 1.